The summed E-state index contributed by atoms with van der Waals surface area (Å²) in [6.07, 6.45) is 2.40. The van der Waals surface area contributed by atoms with Gasteiger partial charge in [-0.3, -0.25) is 0 Å². The van der Waals surface area contributed by atoms with Gasteiger partial charge in [-0.15, -0.1) is 16.2 Å². The van der Waals surface area contributed by atoms with E-state index in [4.69, 9.17) is 0 Å². The van der Waals surface area contributed by atoms with Crippen molar-refractivity contribution in [1.82, 2.24) is 0 Å². The van der Waals surface area contributed by atoms with Crippen LogP contribution in [0.3, 0.4) is 0 Å². The molecule has 6 heteroatoms. The van der Waals surface area contributed by atoms with Crippen LogP contribution < -0.4 is 5.32 Å². The molecule has 2 aromatic rings. The first kappa shape index (κ1) is 16.1. The zero-order valence-electron chi connectivity index (χ0n) is 12.8. The van der Waals surface area contributed by atoms with Crippen molar-refractivity contribution < 1.29 is 8.42 Å². The van der Waals surface area contributed by atoms with E-state index in [0.717, 1.165) is 11.4 Å². The van der Waals surface area contributed by atoms with Crippen molar-refractivity contribution in [1.29, 1.82) is 0 Å². The highest BCUT2D eigenvalue weighted by atomic mass is 32.2. The second-order valence-corrected chi connectivity index (χ2v) is 8.00. The topological polar surface area (TPSA) is 58.5 Å². The summed E-state index contributed by atoms with van der Waals surface area (Å²) in [7, 11) is -3.58. The van der Waals surface area contributed by atoms with Gasteiger partial charge in [0.15, 0.2) is 5.84 Å². The van der Waals surface area contributed by atoms with Gasteiger partial charge in [-0.1, -0.05) is 25.5 Å². The Morgan fingerprint density at radius 2 is 1.83 bits per heavy atom. The summed E-state index contributed by atoms with van der Waals surface area (Å²) in [6, 6.07) is 14.8. The fourth-order valence-corrected chi connectivity index (χ4v) is 4.47. The molecule has 1 aliphatic rings. The average molecular weight is 346 g/mol. The van der Waals surface area contributed by atoms with E-state index in [0.29, 0.717) is 11.4 Å². The highest BCUT2D eigenvalue weighted by Gasteiger charge is 2.28. The number of nitrogens with zero attached hydrogens (tertiary/aromatic N) is 1. The third kappa shape index (κ3) is 3.59. The predicted octanol–water partition coefficient (Wildman–Crippen LogP) is 4.14. The van der Waals surface area contributed by atoms with E-state index in [2.05, 4.69) is 16.6 Å². The van der Waals surface area contributed by atoms with Gasteiger partial charge < -0.3 is 5.32 Å². The molecule has 2 aromatic carbocycles. The minimum atomic E-state index is -3.58. The average Bonchev–Trinajstić information content (AvgIpc) is 2.81. The van der Waals surface area contributed by atoms with Crippen LogP contribution in [-0.4, -0.2) is 20.0 Å². The maximum Gasteiger partial charge on any atom is 0.285 e. The summed E-state index contributed by atoms with van der Waals surface area (Å²) < 4.78 is 27.9. The number of nitrogens with one attached hydrogen (secondary N) is 1. The molecule has 0 unspecified atom stereocenters. The number of fused-ring (bicyclic) bond motifs is 1. The maximum absolute atomic E-state index is 12.0. The van der Waals surface area contributed by atoms with Crippen LogP contribution in [-0.2, 0) is 10.0 Å². The van der Waals surface area contributed by atoms with Gasteiger partial charge in [-0.25, -0.2) is 0 Å². The molecule has 0 saturated carbocycles. The van der Waals surface area contributed by atoms with Gasteiger partial charge in [0.05, 0.1) is 0 Å². The van der Waals surface area contributed by atoms with Gasteiger partial charge >= 0.3 is 0 Å². The molecule has 0 fully saturated rings. The SMILES string of the molecule is CCCCSc1ccc(NC2=NS(=O)(=O)c3ccccc32)cc1. The van der Waals surface area contributed by atoms with E-state index >= 15 is 0 Å². The summed E-state index contributed by atoms with van der Waals surface area (Å²) in [5, 5.41) is 3.11. The molecule has 0 saturated heterocycles. The van der Waals surface area contributed by atoms with Crippen LogP contribution in [0.15, 0.2) is 62.7 Å². The summed E-state index contributed by atoms with van der Waals surface area (Å²) in [5.41, 5.74) is 1.45. The Morgan fingerprint density at radius 3 is 2.57 bits per heavy atom. The minimum absolute atomic E-state index is 0.259. The highest BCUT2D eigenvalue weighted by Crippen LogP contribution is 2.27. The molecule has 23 heavy (non-hydrogen) atoms. The summed E-state index contributed by atoms with van der Waals surface area (Å²) >= 11 is 1.83. The number of benzene rings is 2. The molecule has 3 rings (SSSR count). The van der Waals surface area contributed by atoms with Crippen molar-refractivity contribution in [3.8, 4) is 0 Å². The lowest BCUT2D eigenvalue weighted by atomic mass is 10.2. The van der Waals surface area contributed by atoms with E-state index in [-0.39, 0.29) is 4.90 Å². The second kappa shape index (κ2) is 6.76. The van der Waals surface area contributed by atoms with E-state index in [1.54, 1.807) is 18.2 Å². The smallest absolute Gasteiger partial charge is 0.285 e. The zero-order valence-corrected chi connectivity index (χ0v) is 14.5. The largest absolute Gasteiger partial charge is 0.339 e. The number of hydrogen-bond acceptors (Lipinski definition) is 4. The Labute approximate surface area is 141 Å². The Kier molecular flexibility index (Phi) is 4.73. The molecular weight excluding hydrogens is 328 g/mol. The van der Waals surface area contributed by atoms with Crippen LogP contribution >= 0.6 is 11.8 Å². The van der Waals surface area contributed by atoms with Crippen LogP contribution in [0.1, 0.15) is 25.3 Å². The molecule has 4 nitrogen and oxygen atoms in total. The zero-order chi connectivity index (χ0) is 16.3. The van der Waals surface area contributed by atoms with E-state index < -0.39 is 10.0 Å². The molecule has 0 radical (unpaired) electrons. The number of rotatable bonds is 5. The Bertz CT molecular complexity index is 828. The Morgan fingerprint density at radius 1 is 1.09 bits per heavy atom. The third-order valence-corrected chi connectivity index (χ3v) is 5.95. The highest BCUT2D eigenvalue weighted by molar-refractivity contribution is 7.99. The van der Waals surface area contributed by atoms with Crippen molar-refractivity contribution in [2.75, 3.05) is 11.1 Å². The van der Waals surface area contributed by atoms with Crippen molar-refractivity contribution in [2.45, 2.75) is 29.6 Å². The van der Waals surface area contributed by atoms with E-state index in [1.807, 2.05) is 42.1 Å². The first-order valence-electron chi connectivity index (χ1n) is 7.54. The summed E-state index contributed by atoms with van der Waals surface area (Å²) in [6.45, 7) is 2.18. The predicted molar refractivity (Wildman–Crippen MR) is 95.9 cm³/mol. The Balaban J connectivity index is 1.76. The van der Waals surface area contributed by atoms with Crippen LogP contribution in [0.4, 0.5) is 5.69 Å². The quantitative estimate of drug-likeness (QED) is 0.653. The van der Waals surface area contributed by atoms with Gasteiger partial charge in [0.1, 0.15) is 4.90 Å². The molecule has 0 aromatic heterocycles. The van der Waals surface area contributed by atoms with Crippen molar-refractivity contribution in [2.24, 2.45) is 4.40 Å². The lowest BCUT2D eigenvalue weighted by Crippen LogP contribution is -2.11. The number of anilines is 1. The van der Waals surface area contributed by atoms with Crippen LogP contribution in [0.25, 0.3) is 0 Å². The van der Waals surface area contributed by atoms with Crippen LogP contribution in [0, 0.1) is 0 Å². The maximum atomic E-state index is 12.0. The van der Waals surface area contributed by atoms with Gasteiger partial charge in [-0.2, -0.15) is 8.42 Å². The van der Waals surface area contributed by atoms with E-state index in [9.17, 15) is 8.42 Å². The lowest BCUT2D eigenvalue weighted by molar-refractivity contribution is 0.599. The first-order valence-corrected chi connectivity index (χ1v) is 9.97. The summed E-state index contributed by atoms with van der Waals surface area (Å²) in [4.78, 5) is 1.47. The number of amidine groups is 1. The van der Waals surface area contributed by atoms with Crippen molar-refractivity contribution in [3.63, 3.8) is 0 Å². The first-order chi connectivity index (χ1) is 11.1. The van der Waals surface area contributed by atoms with Gasteiger partial charge in [0.25, 0.3) is 10.0 Å². The number of unbranched alkanes of at least 4 members (excludes halogenated alkanes) is 1. The standard InChI is InChI=1S/C17H18N2O2S2/c1-2-3-12-22-14-10-8-13(9-11-14)18-17-15-6-4-5-7-16(15)23(20,21)19-17/h4-11H,2-3,12H2,1H3,(H,18,19). The third-order valence-electron chi connectivity index (χ3n) is 3.52. The Hall–Kier alpha value is -1.79. The van der Waals surface area contributed by atoms with Crippen molar-refractivity contribution >= 4 is 33.3 Å². The second-order valence-electron chi connectivity index (χ2n) is 5.26. The van der Waals surface area contributed by atoms with Crippen LogP contribution in [0.5, 0.6) is 0 Å². The molecule has 1 heterocycles. The molecule has 0 spiro atoms. The number of sulfonamides is 1. The molecule has 1 aliphatic heterocycles. The fourth-order valence-electron chi connectivity index (χ4n) is 2.30. The monoisotopic (exact) mass is 346 g/mol. The van der Waals surface area contributed by atoms with Gasteiger partial charge in [-0.05, 0) is 48.6 Å². The molecule has 0 aliphatic carbocycles. The molecule has 120 valence electrons. The lowest BCUT2D eigenvalue weighted by Gasteiger charge is -2.07. The fraction of sp³-hybridized carbons (Fsp3) is 0.235. The number of hydrogen-bond donors (Lipinski definition) is 1. The molecule has 0 atom stereocenters. The van der Waals surface area contributed by atoms with Gasteiger partial charge in [0.2, 0.25) is 0 Å². The molecule has 1 N–H and O–H groups in total. The minimum Gasteiger partial charge on any atom is -0.339 e. The van der Waals surface area contributed by atoms with Crippen molar-refractivity contribution in [3.05, 3.63) is 54.1 Å². The van der Waals surface area contributed by atoms with Gasteiger partial charge in [0, 0.05) is 16.1 Å². The summed E-state index contributed by atoms with van der Waals surface area (Å²) in [5.74, 6) is 1.49. The number of thioether (sulfide) groups is 1. The molecule has 0 amide bonds. The van der Waals surface area contributed by atoms with Crippen LogP contribution in [0.2, 0.25) is 0 Å². The normalized spacial score (nSPS) is 15.1. The molecule has 0 bridgehead atoms. The van der Waals surface area contributed by atoms with E-state index in [1.165, 1.54) is 17.7 Å². The molecular formula is C17H18N2O2S2.